The molecule has 0 bridgehead atoms. The molecular formula is C8H8F2NO. The van der Waals surface area contributed by atoms with Crippen molar-refractivity contribution in [3.63, 3.8) is 0 Å². The maximum absolute atomic E-state index is 11.8. The number of halogens is 2. The molecular weight excluding hydrogens is 164 g/mol. The Morgan fingerprint density at radius 2 is 2.17 bits per heavy atom. The molecule has 0 N–H and O–H groups in total. The van der Waals surface area contributed by atoms with Gasteiger partial charge in [-0.2, -0.15) is 8.78 Å². The highest BCUT2D eigenvalue weighted by Crippen LogP contribution is 2.20. The number of ether oxygens (including phenoxy) is 1. The van der Waals surface area contributed by atoms with E-state index < -0.39 is 6.61 Å². The Hall–Kier alpha value is -1.19. The van der Waals surface area contributed by atoms with Crippen LogP contribution in [-0.2, 0) is 0 Å². The number of rotatable bonds is 2. The van der Waals surface area contributed by atoms with Gasteiger partial charge >= 0.3 is 6.61 Å². The van der Waals surface area contributed by atoms with E-state index in [-0.39, 0.29) is 5.75 Å². The van der Waals surface area contributed by atoms with Crippen molar-refractivity contribution in [2.75, 3.05) is 0 Å². The fourth-order valence-corrected chi connectivity index (χ4v) is 0.768. The van der Waals surface area contributed by atoms with E-state index in [0.29, 0.717) is 11.1 Å². The molecule has 1 aromatic rings. The minimum absolute atomic E-state index is 0.112. The first-order valence-corrected chi connectivity index (χ1v) is 3.40. The quantitative estimate of drug-likeness (QED) is 0.681. The van der Waals surface area contributed by atoms with E-state index in [0.717, 1.165) is 0 Å². The monoisotopic (exact) mass is 172 g/mol. The van der Waals surface area contributed by atoms with E-state index in [2.05, 4.69) is 15.9 Å². The van der Waals surface area contributed by atoms with Crippen LogP contribution in [0.25, 0.3) is 0 Å². The third-order valence-corrected chi connectivity index (χ3v) is 1.56. The lowest BCUT2D eigenvalue weighted by atomic mass is 10.2. The van der Waals surface area contributed by atoms with Crippen molar-refractivity contribution in [1.29, 1.82) is 0 Å². The maximum Gasteiger partial charge on any atom is 0.387 e. The van der Waals surface area contributed by atoms with Gasteiger partial charge in [0.2, 0.25) is 0 Å². The summed E-state index contributed by atoms with van der Waals surface area (Å²) in [5.74, 6) is 0.112. The van der Waals surface area contributed by atoms with Gasteiger partial charge < -0.3 is 4.74 Å². The number of aryl methyl sites for hydroxylation is 1. The number of alkyl halides is 2. The summed E-state index contributed by atoms with van der Waals surface area (Å²) in [5, 5.41) is 0. The fourth-order valence-electron chi connectivity index (χ4n) is 0.768. The van der Waals surface area contributed by atoms with Crippen LogP contribution < -0.4 is 4.74 Å². The molecule has 12 heavy (non-hydrogen) atoms. The second kappa shape index (κ2) is 3.47. The number of hydrogen-bond donors (Lipinski definition) is 0. The molecule has 65 valence electrons. The number of hydrogen-bond acceptors (Lipinski definition) is 2. The summed E-state index contributed by atoms with van der Waals surface area (Å²) in [6, 6.07) is 0. The van der Waals surface area contributed by atoms with E-state index in [1.54, 1.807) is 13.8 Å². The van der Waals surface area contributed by atoms with Crippen molar-refractivity contribution in [2.24, 2.45) is 0 Å². The summed E-state index contributed by atoms with van der Waals surface area (Å²) in [6.07, 6.45) is 3.87. The third-order valence-electron chi connectivity index (χ3n) is 1.56. The second-order valence-corrected chi connectivity index (χ2v) is 2.36. The lowest BCUT2D eigenvalue weighted by Crippen LogP contribution is -2.04. The van der Waals surface area contributed by atoms with Gasteiger partial charge in [-0.3, -0.25) is 4.98 Å². The maximum atomic E-state index is 11.8. The predicted octanol–water partition coefficient (Wildman–Crippen LogP) is 2.10. The Morgan fingerprint density at radius 1 is 1.50 bits per heavy atom. The van der Waals surface area contributed by atoms with Gasteiger partial charge in [0, 0.05) is 0 Å². The van der Waals surface area contributed by atoms with Crippen molar-refractivity contribution in [3.8, 4) is 5.75 Å². The summed E-state index contributed by atoms with van der Waals surface area (Å²) < 4.78 is 27.8. The van der Waals surface area contributed by atoms with Crippen molar-refractivity contribution >= 4 is 0 Å². The highest BCUT2D eigenvalue weighted by Gasteiger charge is 2.08. The molecule has 1 heterocycles. The summed E-state index contributed by atoms with van der Waals surface area (Å²) in [4.78, 5) is 3.61. The Morgan fingerprint density at radius 3 is 2.75 bits per heavy atom. The minimum atomic E-state index is -2.80. The van der Waals surface area contributed by atoms with Gasteiger partial charge in [-0.15, -0.1) is 0 Å². The molecule has 0 unspecified atom stereocenters. The summed E-state index contributed by atoms with van der Waals surface area (Å²) in [7, 11) is 0. The molecule has 0 aromatic carbocycles. The number of nitrogens with zero attached hydrogens (tertiary/aromatic N) is 1. The SMILES string of the molecule is Cc1[c]ncc(OC(F)F)c1C. The zero-order chi connectivity index (χ0) is 9.14. The molecule has 0 spiro atoms. The summed E-state index contributed by atoms with van der Waals surface area (Å²) in [6.45, 7) is 0.624. The van der Waals surface area contributed by atoms with Crippen molar-refractivity contribution < 1.29 is 13.5 Å². The summed E-state index contributed by atoms with van der Waals surface area (Å²) in [5.41, 5.74) is 1.36. The first-order valence-electron chi connectivity index (χ1n) is 3.40. The average molecular weight is 172 g/mol. The highest BCUT2D eigenvalue weighted by atomic mass is 19.3. The molecule has 1 aromatic heterocycles. The molecule has 0 aliphatic heterocycles. The molecule has 0 fully saturated rings. The van der Waals surface area contributed by atoms with Crippen LogP contribution in [0.5, 0.6) is 5.75 Å². The normalized spacial score (nSPS) is 10.4. The van der Waals surface area contributed by atoms with Crippen molar-refractivity contribution in [1.82, 2.24) is 4.98 Å². The zero-order valence-electron chi connectivity index (χ0n) is 6.77. The van der Waals surface area contributed by atoms with Crippen LogP contribution in [0.4, 0.5) is 8.78 Å². The van der Waals surface area contributed by atoms with Gasteiger partial charge in [-0.05, 0) is 25.0 Å². The number of pyridine rings is 1. The molecule has 0 atom stereocenters. The standard InChI is InChI=1S/C8H8F2NO/c1-5-3-11-4-7(6(5)2)12-8(9)10/h4,8H,1-2H3. The van der Waals surface area contributed by atoms with Gasteiger partial charge in [0.1, 0.15) is 5.75 Å². The first-order chi connectivity index (χ1) is 5.61. The second-order valence-electron chi connectivity index (χ2n) is 2.36. The van der Waals surface area contributed by atoms with Crippen molar-refractivity contribution in [2.45, 2.75) is 20.5 Å². The molecule has 1 radical (unpaired) electrons. The fraction of sp³-hybridized carbons (Fsp3) is 0.375. The molecule has 0 aliphatic rings. The predicted molar refractivity (Wildman–Crippen MR) is 39.2 cm³/mol. The molecule has 0 amide bonds. The Bertz CT molecular complexity index is 276. The van der Waals surface area contributed by atoms with Crippen LogP contribution in [0.2, 0.25) is 0 Å². The Balaban J connectivity index is 2.92. The van der Waals surface area contributed by atoms with E-state index in [4.69, 9.17) is 0 Å². The van der Waals surface area contributed by atoms with Crippen molar-refractivity contribution in [3.05, 3.63) is 23.5 Å². The third kappa shape index (κ3) is 1.90. The molecule has 2 nitrogen and oxygen atoms in total. The average Bonchev–Trinajstić information content (AvgIpc) is 1.98. The van der Waals surface area contributed by atoms with Crippen LogP contribution in [-0.4, -0.2) is 11.6 Å². The van der Waals surface area contributed by atoms with E-state index >= 15 is 0 Å². The molecule has 1 rings (SSSR count). The summed E-state index contributed by atoms with van der Waals surface area (Å²) >= 11 is 0. The zero-order valence-corrected chi connectivity index (χ0v) is 6.77. The Labute approximate surface area is 69.2 Å². The van der Waals surface area contributed by atoms with Crippen LogP contribution in [0, 0.1) is 20.0 Å². The van der Waals surface area contributed by atoms with Crippen LogP contribution in [0.1, 0.15) is 11.1 Å². The van der Waals surface area contributed by atoms with Gasteiger partial charge in [0.05, 0.1) is 12.4 Å². The minimum Gasteiger partial charge on any atom is -0.433 e. The highest BCUT2D eigenvalue weighted by molar-refractivity contribution is 5.34. The van der Waals surface area contributed by atoms with E-state index in [9.17, 15) is 8.78 Å². The lowest BCUT2D eigenvalue weighted by Gasteiger charge is -2.07. The molecule has 0 saturated carbocycles. The molecule has 4 heteroatoms. The van der Waals surface area contributed by atoms with Gasteiger partial charge in [-0.25, -0.2) is 0 Å². The Kier molecular flexibility index (Phi) is 2.58. The van der Waals surface area contributed by atoms with Crippen LogP contribution >= 0.6 is 0 Å². The number of aromatic nitrogens is 1. The smallest absolute Gasteiger partial charge is 0.387 e. The van der Waals surface area contributed by atoms with Crippen LogP contribution in [0.15, 0.2) is 6.20 Å². The van der Waals surface area contributed by atoms with Gasteiger partial charge in [-0.1, -0.05) is 0 Å². The van der Waals surface area contributed by atoms with E-state index in [1.807, 2.05) is 0 Å². The van der Waals surface area contributed by atoms with Crippen LogP contribution in [0.3, 0.4) is 0 Å². The topological polar surface area (TPSA) is 22.1 Å². The lowest BCUT2D eigenvalue weighted by molar-refractivity contribution is -0.0505. The largest absolute Gasteiger partial charge is 0.433 e. The molecule has 0 aliphatic carbocycles. The molecule has 0 saturated heterocycles. The first kappa shape index (κ1) is 8.90. The van der Waals surface area contributed by atoms with Gasteiger partial charge in [0.15, 0.2) is 0 Å². The van der Waals surface area contributed by atoms with Gasteiger partial charge in [0.25, 0.3) is 0 Å². The van der Waals surface area contributed by atoms with E-state index in [1.165, 1.54) is 6.20 Å².